The zero-order valence-electron chi connectivity index (χ0n) is 11.0. The molecule has 0 heterocycles. The highest BCUT2D eigenvalue weighted by Crippen LogP contribution is 2.19. The van der Waals surface area contributed by atoms with E-state index in [1.54, 1.807) is 0 Å². The van der Waals surface area contributed by atoms with Crippen molar-refractivity contribution in [1.29, 1.82) is 0 Å². The Morgan fingerprint density at radius 3 is 2.53 bits per heavy atom. The van der Waals surface area contributed by atoms with Crippen molar-refractivity contribution in [2.45, 2.75) is 26.0 Å². The summed E-state index contributed by atoms with van der Waals surface area (Å²) in [7, 11) is 0. The Morgan fingerprint density at radius 2 is 1.89 bits per heavy atom. The smallest absolute Gasteiger partial charge is 0.119 e. The van der Waals surface area contributed by atoms with Crippen LogP contribution in [0.25, 0.3) is 0 Å². The van der Waals surface area contributed by atoms with Crippen molar-refractivity contribution >= 4 is 15.9 Å². The Kier molecular flexibility index (Phi) is 5.00. The van der Waals surface area contributed by atoms with Crippen LogP contribution in [-0.4, -0.2) is 0 Å². The zero-order chi connectivity index (χ0) is 13.7. The molecule has 2 aromatic carbocycles. The third kappa shape index (κ3) is 4.08. The second-order valence-electron chi connectivity index (χ2n) is 4.50. The van der Waals surface area contributed by atoms with Crippen molar-refractivity contribution in [2.75, 3.05) is 0 Å². The van der Waals surface area contributed by atoms with Crippen LogP contribution in [0.2, 0.25) is 0 Å². The Bertz CT molecular complexity index is 525. The molecule has 0 saturated heterocycles. The van der Waals surface area contributed by atoms with Gasteiger partial charge in [0.2, 0.25) is 0 Å². The highest BCUT2D eigenvalue weighted by molar-refractivity contribution is 9.10. The predicted octanol–water partition coefficient (Wildman–Crippen LogP) is 4.44. The summed E-state index contributed by atoms with van der Waals surface area (Å²) in [6.45, 7) is 2.65. The number of ether oxygens (including phenoxy) is 1. The minimum absolute atomic E-state index is 0.110. The van der Waals surface area contributed by atoms with Gasteiger partial charge >= 0.3 is 0 Å². The van der Waals surface area contributed by atoms with Crippen molar-refractivity contribution in [3.05, 3.63) is 64.1 Å². The molecule has 0 unspecified atom stereocenters. The molecule has 0 aliphatic carbocycles. The molecule has 1 atom stereocenters. The van der Waals surface area contributed by atoms with E-state index in [2.05, 4.69) is 28.9 Å². The average molecular weight is 320 g/mol. The molecule has 0 amide bonds. The van der Waals surface area contributed by atoms with Gasteiger partial charge in [0, 0.05) is 10.5 Å². The maximum absolute atomic E-state index is 5.98. The largest absolute Gasteiger partial charge is 0.489 e. The van der Waals surface area contributed by atoms with Crippen molar-refractivity contribution < 1.29 is 4.74 Å². The Labute approximate surface area is 122 Å². The monoisotopic (exact) mass is 319 g/mol. The van der Waals surface area contributed by atoms with Gasteiger partial charge < -0.3 is 10.5 Å². The summed E-state index contributed by atoms with van der Waals surface area (Å²) in [5.41, 5.74) is 8.27. The molecule has 0 radical (unpaired) electrons. The average Bonchev–Trinajstić information content (AvgIpc) is 2.45. The van der Waals surface area contributed by atoms with E-state index in [1.807, 2.05) is 42.5 Å². The minimum Gasteiger partial charge on any atom is -0.489 e. The number of benzene rings is 2. The van der Waals surface area contributed by atoms with E-state index >= 15 is 0 Å². The summed E-state index contributed by atoms with van der Waals surface area (Å²) in [6.07, 6.45) is 0.943. The van der Waals surface area contributed by atoms with Crippen molar-refractivity contribution in [2.24, 2.45) is 5.73 Å². The highest BCUT2D eigenvalue weighted by Gasteiger charge is 2.03. The second kappa shape index (κ2) is 6.73. The lowest BCUT2D eigenvalue weighted by Gasteiger charge is -2.11. The van der Waals surface area contributed by atoms with Crippen LogP contribution in [-0.2, 0) is 6.61 Å². The zero-order valence-corrected chi connectivity index (χ0v) is 12.6. The molecular formula is C16H18BrNO. The van der Waals surface area contributed by atoms with E-state index in [4.69, 9.17) is 10.5 Å². The van der Waals surface area contributed by atoms with Crippen LogP contribution >= 0.6 is 15.9 Å². The van der Waals surface area contributed by atoms with Gasteiger partial charge in [0.1, 0.15) is 12.4 Å². The molecule has 3 heteroatoms. The standard InChI is InChI=1S/C16H18BrNO/c1-2-16(18)13-6-8-15(9-7-13)19-11-12-4-3-5-14(17)10-12/h3-10,16H,2,11,18H2,1H3/t16-/m0/s1. The van der Waals surface area contributed by atoms with Crippen molar-refractivity contribution in [1.82, 2.24) is 0 Å². The molecule has 0 aromatic heterocycles. The Balaban J connectivity index is 1.96. The molecule has 2 rings (SSSR count). The fourth-order valence-corrected chi connectivity index (χ4v) is 2.29. The van der Waals surface area contributed by atoms with Crippen LogP contribution in [0.4, 0.5) is 0 Å². The van der Waals surface area contributed by atoms with Crippen molar-refractivity contribution in [3.63, 3.8) is 0 Å². The van der Waals surface area contributed by atoms with Crippen LogP contribution in [0.3, 0.4) is 0 Å². The summed E-state index contributed by atoms with van der Waals surface area (Å²) in [4.78, 5) is 0. The molecular weight excluding hydrogens is 302 g/mol. The van der Waals surface area contributed by atoms with Gasteiger partial charge in [0.15, 0.2) is 0 Å². The van der Waals surface area contributed by atoms with Gasteiger partial charge in [-0.05, 0) is 41.8 Å². The molecule has 0 saturated carbocycles. The number of halogens is 1. The third-order valence-electron chi connectivity index (χ3n) is 3.04. The Morgan fingerprint density at radius 1 is 1.16 bits per heavy atom. The fourth-order valence-electron chi connectivity index (χ4n) is 1.84. The van der Waals surface area contributed by atoms with E-state index in [0.717, 1.165) is 27.8 Å². The van der Waals surface area contributed by atoms with Gasteiger partial charge in [0.05, 0.1) is 0 Å². The van der Waals surface area contributed by atoms with Crippen LogP contribution in [0.15, 0.2) is 53.0 Å². The minimum atomic E-state index is 0.110. The number of nitrogens with two attached hydrogens (primary N) is 1. The summed E-state index contributed by atoms with van der Waals surface area (Å²) < 4.78 is 6.82. The van der Waals surface area contributed by atoms with Crippen LogP contribution in [0.1, 0.15) is 30.5 Å². The molecule has 2 nitrogen and oxygen atoms in total. The molecule has 0 aliphatic heterocycles. The van der Waals surface area contributed by atoms with Crippen LogP contribution < -0.4 is 10.5 Å². The first-order valence-electron chi connectivity index (χ1n) is 6.42. The quantitative estimate of drug-likeness (QED) is 0.884. The number of rotatable bonds is 5. The summed E-state index contributed by atoms with van der Waals surface area (Å²) >= 11 is 3.45. The van der Waals surface area contributed by atoms with Gasteiger partial charge in [-0.2, -0.15) is 0 Å². The molecule has 0 spiro atoms. The van der Waals surface area contributed by atoms with Crippen LogP contribution in [0.5, 0.6) is 5.75 Å². The van der Waals surface area contributed by atoms with Gasteiger partial charge in [0.25, 0.3) is 0 Å². The molecule has 0 bridgehead atoms. The Hall–Kier alpha value is -1.32. The first-order valence-corrected chi connectivity index (χ1v) is 7.21. The maximum Gasteiger partial charge on any atom is 0.119 e. The van der Waals surface area contributed by atoms with Gasteiger partial charge in [-0.15, -0.1) is 0 Å². The van der Waals surface area contributed by atoms with Gasteiger partial charge in [-0.25, -0.2) is 0 Å². The number of hydrogen-bond acceptors (Lipinski definition) is 2. The first kappa shape index (κ1) is 14.1. The van der Waals surface area contributed by atoms with E-state index in [1.165, 1.54) is 0 Å². The van der Waals surface area contributed by atoms with Gasteiger partial charge in [-0.1, -0.05) is 47.1 Å². The lowest BCUT2D eigenvalue weighted by molar-refractivity contribution is 0.306. The van der Waals surface area contributed by atoms with E-state index in [-0.39, 0.29) is 6.04 Å². The first-order chi connectivity index (χ1) is 9.19. The highest BCUT2D eigenvalue weighted by atomic mass is 79.9. The second-order valence-corrected chi connectivity index (χ2v) is 5.42. The van der Waals surface area contributed by atoms with Crippen LogP contribution in [0, 0.1) is 0 Å². The topological polar surface area (TPSA) is 35.2 Å². The fraction of sp³-hybridized carbons (Fsp3) is 0.250. The van der Waals surface area contributed by atoms with Crippen molar-refractivity contribution in [3.8, 4) is 5.75 Å². The lowest BCUT2D eigenvalue weighted by Crippen LogP contribution is -2.08. The molecule has 19 heavy (non-hydrogen) atoms. The third-order valence-corrected chi connectivity index (χ3v) is 3.54. The summed E-state index contributed by atoms with van der Waals surface area (Å²) in [5, 5.41) is 0. The number of hydrogen-bond donors (Lipinski definition) is 1. The maximum atomic E-state index is 5.98. The molecule has 100 valence electrons. The SMILES string of the molecule is CC[C@H](N)c1ccc(OCc2cccc(Br)c2)cc1. The summed E-state index contributed by atoms with van der Waals surface area (Å²) in [6, 6.07) is 16.2. The van der Waals surface area contributed by atoms with E-state index in [9.17, 15) is 0 Å². The van der Waals surface area contributed by atoms with Gasteiger partial charge in [-0.3, -0.25) is 0 Å². The predicted molar refractivity (Wildman–Crippen MR) is 82.1 cm³/mol. The van der Waals surface area contributed by atoms with E-state index < -0.39 is 0 Å². The van der Waals surface area contributed by atoms with E-state index in [0.29, 0.717) is 6.61 Å². The molecule has 2 aromatic rings. The molecule has 0 aliphatic rings. The lowest BCUT2D eigenvalue weighted by atomic mass is 10.1. The normalized spacial score (nSPS) is 12.2. The summed E-state index contributed by atoms with van der Waals surface area (Å²) in [5.74, 6) is 0.868. The molecule has 0 fully saturated rings. The molecule has 2 N–H and O–H groups in total.